The van der Waals surface area contributed by atoms with E-state index in [9.17, 15) is 4.79 Å². The van der Waals surface area contributed by atoms with Crippen LogP contribution in [0.2, 0.25) is 0 Å². The summed E-state index contributed by atoms with van der Waals surface area (Å²) in [7, 11) is 3.17. The molecule has 0 saturated carbocycles. The minimum atomic E-state index is -0.0664. The van der Waals surface area contributed by atoms with Gasteiger partial charge in [-0.2, -0.15) is 0 Å². The third-order valence-electron chi connectivity index (χ3n) is 2.88. The quantitative estimate of drug-likeness (QED) is 0.783. The molecule has 0 aliphatic carbocycles. The monoisotopic (exact) mass is 267 g/mol. The number of ether oxygens (including phenoxy) is 2. The zero-order chi connectivity index (χ0) is 14.3. The number of methoxy groups -OCH3 is 2. The summed E-state index contributed by atoms with van der Waals surface area (Å²) in [5.41, 5.74) is 2.01. The van der Waals surface area contributed by atoms with Crippen LogP contribution in [0.1, 0.15) is 24.0 Å². The molecule has 106 valence electrons. The Morgan fingerprint density at radius 1 is 1.26 bits per heavy atom. The number of aliphatic hydroxyl groups excluding tert-OH is 1. The van der Waals surface area contributed by atoms with Crippen LogP contribution in [0.5, 0.6) is 11.5 Å². The topological polar surface area (TPSA) is 67.8 Å². The predicted octanol–water partition coefficient (Wildman–Crippen LogP) is 1.40. The van der Waals surface area contributed by atoms with E-state index < -0.39 is 0 Å². The van der Waals surface area contributed by atoms with Gasteiger partial charge in [0.15, 0.2) is 11.5 Å². The summed E-state index contributed by atoms with van der Waals surface area (Å²) >= 11 is 0. The number of nitrogens with one attached hydrogen (secondary N) is 1. The smallest absolute Gasteiger partial charge is 0.220 e. The fourth-order valence-corrected chi connectivity index (χ4v) is 1.73. The summed E-state index contributed by atoms with van der Waals surface area (Å²) in [5.74, 6) is 1.26. The molecule has 0 bridgehead atoms. The SMILES string of the molecule is COc1cc(C)c(CNC(=O)CCCO)cc1OC. The third kappa shape index (κ3) is 4.44. The Bertz CT molecular complexity index is 432. The van der Waals surface area contributed by atoms with Crippen LogP contribution < -0.4 is 14.8 Å². The number of rotatable bonds is 7. The summed E-state index contributed by atoms with van der Waals surface area (Å²) in [5, 5.41) is 11.5. The fraction of sp³-hybridized carbons (Fsp3) is 0.500. The van der Waals surface area contributed by atoms with Gasteiger partial charge in [-0.3, -0.25) is 4.79 Å². The lowest BCUT2D eigenvalue weighted by molar-refractivity contribution is -0.121. The molecular formula is C14H21NO4. The molecule has 0 saturated heterocycles. The first-order chi connectivity index (χ1) is 9.12. The molecule has 5 nitrogen and oxygen atoms in total. The highest BCUT2D eigenvalue weighted by molar-refractivity contribution is 5.75. The maximum Gasteiger partial charge on any atom is 0.220 e. The van der Waals surface area contributed by atoms with Gasteiger partial charge in [0.2, 0.25) is 5.91 Å². The van der Waals surface area contributed by atoms with Crippen molar-refractivity contribution >= 4 is 5.91 Å². The van der Waals surface area contributed by atoms with Gasteiger partial charge in [0.1, 0.15) is 0 Å². The van der Waals surface area contributed by atoms with Crippen molar-refractivity contribution in [2.24, 2.45) is 0 Å². The second-order valence-electron chi connectivity index (χ2n) is 4.24. The second kappa shape index (κ2) is 7.63. The molecule has 1 amide bonds. The normalized spacial score (nSPS) is 10.1. The van der Waals surface area contributed by atoms with E-state index in [4.69, 9.17) is 14.6 Å². The highest BCUT2D eigenvalue weighted by atomic mass is 16.5. The molecule has 1 rings (SSSR count). The van der Waals surface area contributed by atoms with Gasteiger partial charge in [0, 0.05) is 19.6 Å². The molecule has 0 aromatic heterocycles. The number of benzene rings is 1. The lowest BCUT2D eigenvalue weighted by Gasteiger charge is -2.13. The van der Waals surface area contributed by atoms with Crippen molar-refractivity contribution in [3.05, 3.63) is 23.3 Å². The Hall–Kier alpha value is -1.75. The van der Waals surface area contributed by atoms with Crippen LogP contribution in [0.4, 0.5) is 0 Å². The number of carbonyl (C=O) groups is 1. The summed E-state index contributed by atoms with van der Waals surface area (Å²) < 4.78 is 10.4. The number of hydrogen-bond acceptors (Lipinski definition) is 4. The van der Waals surface area contributed by atoms with E-state index in [0.29, 0.717) is 30.9 Å². The maximum atomic E-state index is 11.5. The minimum absolute atomic E-state index is 0.0306. The molecule has 0 heterocycles. The van der Waals surface area contributed by atoms with E-state index in [0.717, 1.165) is 11.1 Å². The first-order valence-electron chi connectivity index (χ1n) is 6.21. The first kappa shape index (κ1) is 15.3. The van der Waals surface area contributed by atoms with Crippen LogP contribution in [0.25, 0.3) is 0 Å². The van der Waals surface area contributed by atoms with Gasteiger partial charge in [-0.25, -0.2) is 0 Å². The van der Waals surface area contributed by atoms with E-state index in [1.54, 1.807) is 14.2 Å². The Morgan fingerprint density at radius 2 is 1.89 bits per heavy atom. The lowest BCUT2D eigenvalue weighted by atomic mass is 10.1. The Kier molecular flexibility index (Phi) is 6.15. The van der Waals surface area contributed by atoms with Crippen molar-refractivity contribution < 1.29 is 19.4 Å². The minimum Gasteiger partial charge on any atom is -0.493 e. The largest absolute Gasteiger partial charge is 0.493 e. The van der Waals surface area contributed by atoms with Gasteiger partial charge >= 0.3 is 0 Å². The van der Waals surface area contributed by atoms with Crippen LogP contribution in [0, 0.1) is 6.92 Å². The number of aliphatic hydroxyl groups is 1. The molecule has 0 aliphatic rings. The van der Waals surface area contributed by atoms with E-state index >= 15 is 0 Å². The van der Waals surface area contributed by atoms with Crippen molar-refractivity contribution in [3.8, 4) is 11.5 Å². The third-order valence-corrected chi connectivity index (χ3v) is 2.88. The van der Waals surface area contributed by atoms with Gasteiger partial charge < -0.3 is 19.9 Å². The van der Waals surface area contributed by atoms with Crippen LogP contribution in [-0.4, -0.2) is 31.8 Å². The second-order valence-corrected chi connectivity index (χ2v) is 4.24. The highest BCUT2D eigenvalue weighted by Crippen LogP contribution is 2.30. The maximum absolute atomic E-state index is 11.5. The number of aryl methyl sites for hydroxylation is 1. The predicted molar refractivity (Wildman–Crippen MR) is 72.4 cm³/mol. The average molecular weight is 267 g/mol. The summed E-state index contributed by atoms with van der Waals surface area (Å²) in [6.07, 6.45) is 0.819. The van der Waals surface area contributed by atoms with E-state index in [1.807, 2.05) is 19.1 Å². The highest BCUT2D eigenvalue weighted by Gasteiger charge is 2.09. The van der Waals surface area contributed by atoms with Gasteiger partial charge in [-0.05, 0) is 36.6 Å². The molecule has 0 radical (unpaired) electrons. The van der Waals surface area contributed by atoms with E-state index in [1.165, 1.54) is 0 Å². The molecule has 1 aromatic carbocycles. The molecular weight excluding hydrogens is 246 g/mol. The molecule has 1 aromatic rings. The Labute approximate surface area is 113 Å². The van der Waals surface area contributed by atoms with Crippen LogP contribution in [-0.2, 0) is 11.3 Å². The molecule has 0 atom stereocenters. The summed E-state index contributed by atoms with van der Waals surface area (Å²) in [6.45, 7) is 2.43. The standard InChI is InChI=1S/C14H21NO4/c1-10-7-12(18-2)13(19-3)8-11(10)9-15-14(17)5-4-6-16/h7-8,16H,4-6,9H2,1-3H3,(H,15,17). The van der Waals surface area contributed by atoms with Gasteiger partial charge in [0.25, 0.3) is 0 Å². The molecule has 0 unspecified atom stereocenters. The van der Waals surface area contributed by atoms with Crippen molar-refractivity contribution in [1.82, 2.24) is 5.32 Å². The number of amides is 1. The first-order valence-corrected chi connectivity index (χ1v) is 6.21. The zero-order valence-corrected chi connectivity index (χ0v) is 11.7. The van der Waals surface area contributed by atoms with Crippen molar-refractivity contribution in [1.29, 1.82) is 0 Å². The van der Waals surface area contributed by atoms with Crippen molar-refractivity contribution in [3.63, 3.8) is 0 Å². The lowest BCUT2D eigenvalue weighted by Crippen LogP contribution is -2.23. The zero-order valence-electron chi connectivity index (χ0n) is 11.7. The molecule has 5 heteroatoms. The molecule has 19 heavy (non-hydrogen) atoms. The van der Waals surface area contributed by atoms with E-state index in [2.05, 4.69) is 5.32 Å². The van der Waals surface area contributed by atoms with Gasteiger partial charge in [0.05, 0.1) is 14.2 Å². The van der Waals surface area contributed by atoms with Crippen LogP contribution in [0.15, 0.2) is 12.1 Å². The van der Waals surface area contributed by atoms with E-state index in [-0.39, 0.29) is 12.5 Å². The molecule has 0 aliphatic heterocycles. The molecule has 0 spiro atoms. The van der Waals surface area contributed by atoms with Crippen LogP contribution >= 0.6 is 0 Å². The number of hydrogen-bond donors (Lipinski definition) is 2. The van der Waals surface area contributed by atoms with Crippen molar-refractivity contribution in [2.45, 2.75) is 26.3 Å². The summed E-state index contributed by atoms with van der Waals surface area (Å²) in [4.78, 5) is 11.5. The Morgan fingerprint density at radius 3 is 2.47 bits per heavy atom. The Balaban J connectivity index is 2.70. The van der Waals surface area contributed by atoms with Crippen molar-refractivity contribution in [2.75, 3.05) is 20.8 Å². The molecule has 0 fully saturated rings. The van der Waals surface area contributed by atoms with Crippen LogP contribution in [0.3, 0.4) is 0 Å². The van der Waals surface area contributed by atoms with Gasteiger partial charge in [-0.15, -0.1) is 0 Å². The van der Waals surface area contributed by atoms with Gasteiger partial charge in [-0.1, -0.05) is 0 Å². The molecule has 2 N–H and O–H groups in total. The average Bonchev–Trinajstić information content (AvgIpc) is 2.43. The summed E-state index contributed by atoms with van der Waals surface area (Å²) in [6, 6.07) is 3.74. The fourth-order valence-electron chi connectivity index (χ4n) is 1.73. The number of carbonyl (C=O) groups excluding carboxylic acids is 1.